The van der Waals surface area contributed by atoms with Gasteiger partial charge in [0.1, 0.15) is 10.6 Å². The summed E-state index contributed by atoms with van der Waals surface area (Å²) in [7, 11) is -3.88. The van der Waals surface area contributed by atoms with E-state index in [9.17, 15) is 17.2 Å². The van der Waals surface area contributed by atoms with Crippen molar-refractivity contribution in [2.75, 3.05) is 6.54 Å². The van der Waals surface area contributed by atoms with Crippen LogP contribution < -0.4 is 4.74 Å². The van der Waals surface area contributed by atoms with Gasteiger partial charge >= 0.3 is 6.61 Å². The number of alkyl halides is 2. The molecule has 116 valence electrons. The lowest BCUT2D eigenvalue weighted by Gasteiger charge is -2.27. The maximum Gasteiger partial charge on any atom is 0.387 e. The third-order valence-corrected chi connectivity index (χ3v) is 4.46. The van der Waals surface area contributed by atoms with Crippen LogP contribution in [0.3, 0.4) is 0 Å². The zero-order valence-electron chi connectivity index (χ0n) is 11.9. The van der Waals surface area contributed by atoms with Crippen molar-refractivity contribution in [3.8, 4) is 5.75 Å². The van der Waals surface area contributed by atoms with E-state index in [2.05, 4.69) is 9.13 Å². The van der Waals surface area contributed by atoms with E-state index in [1.165, 1.54) is 18.2 Å². The van der Waals surface area contributed by atoms with Crippen LogP contribution in [0.15, 0.2) is 27.5 Å². The van der Waals surface area contributed by atoms with Crippen LogP contribution in [-0.2, 0) is 10.0 Å². The van der Waals surface area contributed by atoms with E-state index in [4.69, 9.17) is 0 Å². The lowest BCUT2D eigenvalue weighted by Crippen LogP contribution is -2.36. The van der Waals surface area contributed by atoms with Crippen molar-refractivity contribution < 1.29 is 21.9 Å². The van der Waals surface area contributed by atoms with E-state index in [-0.39, 0.29) is 28.1 Å². The van der Waals surface area contributed by atoms with Gasteiger partial charge < -0.3 is 9.64 Å². The molecule has 0 fully saturated rings. The molecular weight excluding hydrogens is 302 g/mol. The minimum Gasteiger partial charge on any atom is -0.434 e. The lowest BCUT2D eigenvalue weighted by molar-refractivity contribution is -0.0501. The molecule has 1 aliphatic heterocycles. The molecule has 0 aromatic heterocycles. The van der Waals surface area contributed by atoms with Gasteiger partial charge in [-0.2, -0.15) is 17.2 Å². The number of amidine groups is 1. The number of ether oxygens (including phenoxy) is 1. The summed E-state index contributed by atoms with van der Waals surface area (Å²) in [5, 5.41) is 0. The van der Waals surface area contributed by atoms with Crippen molar-refractivity contribution in [1.82, 2.24) is 4.90 Å². The maximum absolute atomic E-state index is 12.5. The van der Waals surface area contributed by atoms with E-state index in [0.717, 1.165) is 0 Å². The summed E-state index contributed by atoms with van der Waals surface area (Å²) in [4.78, 5) is 1.62. The molecular formula is C13H16F2N2O3S. The first-order chi connectivity index (χ1) is 9.77. The average Bonchev–Trinajstić information content (AvgIpc) is 2.62. The number of hydrogen-bond donors (Lipinski definition) is 0. The van der Waals surface area contributed by atoms with E-state index in [1.54, 1.807) is 4.90 Å². The number of rotatable bonds is 4. The highest BCUT2D eigenvalue weighted by Crippen LogP contribution is 2.35. The summed E-state index contributed by atoms with van der Waals surface area (Å²) in [6.07, 6.45) is 0. The number of benzene rings is 1. The van der Waals surface area contributed by atoms with Crippen LogP contribution in [-0.4, -0.2) is 38.4 Å². The second kappa shape index (κ2) is 5.59. The van der Waals surface area contributed by atoms with Crippen LogP contribution in [0.4, 0.5) is 8.78 Å². The molecule has 5 nitrogen and oxygen atoms in total. The Kier molecular flexibility index (Phi) is 4.18. The summed E-state index contributed by atoms with van der Waals surface area (Å²) in [6.45, 7) is 3.04. The Morgan fingerprint density at radius 2 is 2.00 bits per heavy atom. The van der Waals surface area contributed by atoms with E-state index < -0.39 is 16.6 Å². The van der Waals surface area contributed by atoms with Gasteiger partial charge in [-0.15, -0.1) is 4.40 Å². The summed E-state index contributed by atoms with van der Waals surface area (Å²) < 4.78 is 57.4. The topological polar surface area (TPSA) is 59.0 Å². The molecule has 2 rings (SSSR count). The maximum atomic E-state index is 12.5. The standard InChI is InChI=1S/C13H16F2N2O3S/c1-4-17(8(2)3)12-11-9(20-13(14)15)6-5-7-10(11)21(18,19)16-12/h5-8,13H,4H2,1-3H3. The number of halogens is 2. The first-order valence-corrected chi connectivity index (χ1v) is 7.91. The predicted molar refractivity (Wildman–Crippen MR) is 74.3 cm³/mol. The van der Waals surface area contributed by atoms with Gasteiger partial charge in [0, 0.05) is 12.6 Å². The Hall–Kier alpha value is -1.70. The average molecular weight is 318 g/mol. The van der Waals surface area contributed by atoms with Crippen LogP contribution in [0.25, 0.3) is 0 Å². The quantitative estimate of drug-likeness (QED) is 0.856. The number of hydrogen-bond acceptors (Lipinski definition) is 4. The first-order valence-electron chi connectivity index (χ1n) is 6.47. The highest BCUT2D eigenvalue weighted by Gasteiger charge is 2.35. The molecule has 0 atom stereocenters. The van der Waals surface area contributed by atoms with Crippen LogP contribution in [0.5, 0.6) is 5.75 Å². The second-order valence-electron chi connectivity index (χ2n) is 4.78. The molecule has 1 aromatic carbocycles. The molecule has 0 amide bonds. The van der Waals surface area contributed by atoms with Crippen LogP contribution in [0.2, 0.25) is 0 Å². The van der Waals surface area contributed by atoms with Gasteiger partial charge in [-0.25, -0.2) is 0 Å². The van der Waals surface area contributed by atoms with Crippen LogP contribution in [0, 0.1) is 0 Å². The van der Waals surface area contributed by atoms with Gasteiger partial charge in [0.25, 0.3) is 10.0 Å². The Morgan fingerprint density at radius 3 is 2.52 bits per heavy atom. The minimum atomic E-state index is -3.88. The molecule has 1 aromatic rings. The number of sulfonamides is 1. The molecule has 8 heteroatoms. The molecule has 0 saturated heterocycles. The Bertz CT molecular complexity index is 672. The van der Waals surface area contributed by atoms with E-state index in [1.807, 2.05) is 20.8 Å². The molecule has 1 aliphatic rings. The van der Waals surface area contributed by atoms with E-state index >= 15 is 0 Å². The summed E-state index contributed by atoms with van der Waals surface area (Å²) in [6, 6.07) is 3.98. The van der Waals surface area contributed by atoms with Crippen molar-refractivity contribution in [2.45, 2.75) is 38.3 Å². The van der Waals surface area contributed by atoms with Crippen molar-refractivity contribution in [2.24, 2.45) is 4.40 Å². The fraction of sp³-hybridized carbons (Fsp3) is 0.462. The van der Waals surface area contributed by atoms with Crippen LogP contribution in [0.1, 0.15) is 26.3 Å². The number of nitrogens with zero attached hydrogens (tertiary/aromatic N) is 2. The molecule has 0 radical (unpaired) electrons. The Balaban J connectivity index is 2.64. The normalized spacial score (nSPS) is 16.0. The number of fused-ring (bicyclic) bond motifs is 1. The zero-order valence-corrected chi connectivity index (χ0v) is 12.7. The second-order valence-corrected chi connectivity index (χ2v) is 6.35. The molecule has 0 unspecified atom stereocenters. The first kappa shape index (κ1) is 15.7. The third-order valence-electron chi connectivity index (χ3n) is 3.15. The van der Waals surface area contributed by atoms with Gasteiger partial charge in [0.15, 0.2) is 5.84 Å². The predicted octanol–water partition coefficient (Wildman–Crippen LogP) is 2.47. The van der Waals surface area contributed by atoms with Crippen molar-refractivity contribution in [1.29, 1.82) is 0 Å². The van der Waals surface area contributed by atoms with Gasteiger partial charge in [-0.05, 0) is 32.9 Å². The highest BCUT2D eigenvalue weighted by atomic mass is 32.2. The SMILES string of the molecule is CCN(C1=NS(=O)(=O)c2cccc(OC(F)F)c21)C(C)C. The Morgan fingerprint density at radius 1 is 1.33 bits per heavy atom. The van der Waals surface area contributed by atoms with Gasteiger partial charge in [-0.3, -0.25) is 0 Å². The molecule has 0 saturated carbocycles. The summed E-state index contributed by atoms with van der Waals surface area (Å²) in [5.74, 6) is -0.0276. The van der Waals surface area contributed by atoms with Crippen molar-refractivity contribution in [3.05, 3.63) is 23.8 Å². The smallest absolute Gasteiger partial charge is 0.387 e. The van der Waals surface area contributed by atoms with Gasteiger partial charge in [0.05, 0.1) is 5.56 Å². The van der Waals surface area contributed by atoms with Crippen molar-refractivity contribution >= 4 is 15.9 Å². The highest BCUT2D eigenvalue weighted by molar-refractivity contribution is 7.90. The van der Waals surface area contributed by atoms with Gasteiger partial charge in [0.2, 0.25) is 0 Å². The molecule has 21 heavy (non-hydrogen) atoms. The zero-order chi connectivity index (χ0) is 15.8. The Labute approximate surface area is 122 Å². The molecule has 0 N–H and O–H groups in total. The fourth-order valence-electron chi connectivity index (χ4n) is 2.30. The summed E-state index contributed by atoms with van der Waals surface area (Å²) >= 11 is 0. The van der Waals surface area contributed by atoms with Gasteiger partial charge in [-0.1, -0.05) is 6.07 Å². The monoisotopic (exact) mass is 318 g/mol. The molecule has 0 bridgehead atoms. The summed E-state index contributed by atoms with van der Waals surface area (Å²) in [5.41, 5.74) is 0.105. The molecule has 1 heterocycles. The van der Waals surface area contributed by atoms with E-state index in [0.29, 0.717) is 6.54 Å². The largest absolute Gasteiger partial charge is 0.434 e. The molecule has 0 spiro atoms. The fourth-order valence-corrected chi connectivity index (χ4v) is 3.53. The van der Waals surface area contributed by atoms with Crippen molar-refractivity contribution in [3.63, 3.8) is 0 Å². The third kappa shape index (κ3) is 2.85. The lowest BCUT2D eigenvalue weighted by atomic mass is 10.1. The molecule has 0 aliphatic carbocycles. The minimum absolute atomic E-state index is 0.0329. The van der Waals surface area contributed by atoms with Crippen LogP contribution >= 0.6 is 0 Å².